The van der Waals surface area contributed by atoms with Gasteiger partial charge in [0.2, 0.25) is 0 Å². The van der Waals surface area contributed by atoms with Crippen LogP contribution in [0.15, 0.2) is 65.2 Å². The van der Waals surface area contributed by atoms with Crippen molar-refractivity contribution in [1.29, 1.82) is 0 Å². The Morgan fingerprint density at radius 2 is 1.96 bits per heavy atom. The molecule has 5 heteroatoms. The van der Waals surface area contributed by atoms with Gasteiger partial charge in [-0.25, -0.2) is 0 Å². The lowest BCUT2D eigenvalue weighted by Crippen LogP contribution is -2.10. The van der Waals surface area contributed by atoms with Crippen molar-refractivity contribution in [3.63, 3.8) is 0 Å². The monoisotopic (exact) mass is 322 g/mol. The molecular formula is C18H11ClN2O2. The molecule has 4 aromatic rings. The predicted octanol–water partition coefficient (Wildman–Crippen LogP) is 4.89. The highest BCUT2D eigenvalue weighted by molar-refractivity contribution is 6.31. The largest absolute Gasteiger partial charge is 0.451 e. The predicted molar refractivity (Wildman–Crippen MR) is 90.9 cm³/mol. The number of halogens is 1. The van der Waals surface area contributed by atoms with E-state index >= 15 is 0 Å². The maximum atomic E-state index is 12.4. The van der Waals surface area contributed by atoms with Crippen LogP contribution in [0.3, 0.4) is 0 Å². The molecule has 0 saturated carbocycles. The molecule has 2 aromatic carbocycles. The van der Waals surface area contributed by atoms with Gasteiger partial charge >= 0.3 is 0 Å². The van der Waals surface area contributed by atoms with Crippen molar-refractivity contribution in [1.82, 2.24) is 4.98 Å². The van der Waals surface area contributed by atoms with E-state index in [0.717, 1.165) is 16.3 Å². The number of nitrogens with one attached hydrogen (secondary N) is 1. The Balaban J connectivity index is 1.64. The number of furan rings is 1. The summed E-state index contributed by atoms with van der Waals surface area (Å²) >= 11 is 5.94. The van der Waals surface area contributed by atoms with Crippen LogP contribution in [0.5, 0.6) is 0 Å². The molecule has 0 unspecified atom stereocenters. The third-order valence-corrected chi connectivity index (χ3v) is 3.80. The Morgan fingerprint density at radius 3 is 2.87 bits per heavy atom. The molecule has 23 heavy (non-hydrogen) atoms. The second kappa shape index (κ2) is 5.41. The number of fused-ring (bicyclic) bond motifs is 2. The number of aromatic nitrogens is 1. The summed E-state index contributed by atoms with van der Waals surface area (Å²) in [6.07, 6.45) is 1.74. The van der Waals surface area contributed by atoms with Crippen LogP contribution in [-0.2, 0) is 0 Å². The highest BCUT2D eigenvalue weighted by Crippen LogP contribution is 2.24. The second-order valence-electron chi connectivity index (χ2n) is 5.16. The highest BCUT2D eigenvalue weighted by Gasteiger charge is 2.13. The Morgan fingerprint density at radius 1 is 1.04 bits per heavy atom. The van der Waals surface area contributed by atoms with E-state index in [9.17, 15) is 4.79 Å². The number of rotatable bonds is 2. The van der Waals surface area contributed by atoms with Crippen LogP contribution in [-0.4, -0.2) is 10.9 Å². The first-order chi connectivity index (χ1) is 11.2. The molecule has 0 aliphatic heterocycles. The molecule has 2 aromatic heterocycles. The van der Waals surface area contributed by atoms with Crippen LogP contribution in [0, 0.1) is 0 Å². The molecular weight excluding hydrogens is 312 g/mol. The topological polar surface area (TPSA) is 55.1 Å². The fourth-order valence-corrected chi connectivity index (χ4v) is 2.65. The van der Waals surface area contributed by atoms with Crippen LogP contribution in [0.4, 0.5) is 5.69 Å². The van der Waals surface area contributed by atoms with Crippen LogP contribution < -0.4 is 5.32 Å². The molecule has 0 atom stereocenters. The molecule has 0 fully saturated rings. The fourth-order valence-electron chi connectivity index (χ4n) is 2.47. The summed E-state index contributed by atoms with van der Waals surface area (Å²) in [5, 5.41) is 5.19. The molecule has 1 amide bonds. The first kappa shape index (κ1) is 13.8. The van der Waals surface area contributed by atoms with E-state index in [2.05, 4.69) is 10.3 Å². The molecule has 0 radical (unpaired) electrons. The van der Waals surface area contributed by atoms with E-state index in [4.69, 9.17) is 16.0 Å². The van der Waals surface area contributed by atoms with E-state index < -0.39 is 0 Å². The van der Waals surface area contributed by atoms with Crippen molar-refractivity contribution in [2.75, 3.05) is 5.32 Å². The van der Waals surface area contributed by atoms with Gasteiger partial charge in [-0.1, -0.05) is 17.7 Å². The van der Waals surface area contributed by atoms with Gasteiger partial charge in [-0.05, 0) is 48.5 Å². The molecule has 0 aliphatic rings. The normalized spacial score (nSPS) is 11.0. The zero-order valence-electron chi connectivity index (χ0n) is 11.9. The zero-order chi connectivity index (χ0) is 15.8. The lowest BCUT2D eigenvalue weighted by Gasteiger charge is -2.04. The number of pyridine rings is 1. The Hall–Kier alpha value is -2.85. The van der Waals surface area contributed by atoms with Crippen molar-refractivity contribution >= 4 is 45.1 Å². The summed E-state index contributed by atoms with van der Waals surface area (Å²) < 4.78 is 5.56. The van der Waals surface area contributed by atoms with Crippen LogP contribution >= 0.6 is 11.6 Å². The Kier molecular flexibility index (Phi) is 3.24. The number of carbonyl (C=O) groups excluding carboxylic acids is 1. The lowest BCUT2D eigenvalue weighted by atomic mass is 10.2. The number of anilines is 1. The van der Waals surface area contributed by atoms with Gasteiger partial charge in [-0.15, -0.1) is 0 Å². The summed E-state index contributed by atoms with van der Waals surface area (Å²) in [4.78, 5) is 16.6. The first-order valence-corrected chi connectivity index (χ1v) is 7.42. The van der Waals surface area contributed by atoms with Gasteiger partial charge in [0, 0.05) is 27.7 Å². The van der Waals surface area contributed by atoms with Crippen molar-refractivity contribution in [3.8, 4) is 0 Å². The summed E-state index contributed by atoms with van der Waals surface area (Å²) in [6.45, 7) is 0. The minimum atomic E-state index is -0.305. The van der Waals surface area contributed by atoms with Gasteiger partial charge < -0.3 is 9.73 Å². The van der Waals surface area contributed by atoms with Gasteiger partial charge in [0.1, 0.15) is 5.58 Å². The van der Waals surface area contributed by atoms with E-state index in [1.54, 1.807) is 30.5 Å². The zero-order valence-corrected chi connectivity index (χ0v) is 12.7. The van der Waals surface area contributed by atoms with E-state index in [-0.39, 0.29) is 11.7 Å². The molecule has 0 saturated heterocycles. The number of carbonyl (C=O) groups is 1. The van der Waals surface area contributed by atoms with Gasteiger partial charge in [-0.2, -0.15) is 0 Å². The number of hydrogen-bond acceptors (Lipinski definition) is 3. The minimum absolute atomic E-state index is 0.244. The number of amides is 1. The van der Waals surface area contributed by atoms with Crippen LogP contribution in [0.25, 0.3) is 21.9 Å². The summed E-state index contributed by atoms with van der Waals surface area (Å²) in [7, 11) is 0. The second-order valence-corrected chi connectivity index (χ2v) is 5.59. The molecule has 0 spiro atoms. The quantitative estimate of drug-likeness (QED) is 0.572. The van der Waals surface area contributed by atoms with E-state index in [1.807, 2.05) is 30.3 Å². The molecule has 4 nitrogen and oxygen atoms in total. The van der Waals surface area contributed by atoms with E-state index in [1.165, 1.54) is 0 Å². The number of nitrogens with zero attached hydrogens (tertiary/aromatic N) is 1. The molecule has 112 valence electrons. The van der Waals surface area contributed by atoms with Gasteiger partial charge in [0.15, 0.2) is 5.76 Å². The van der Waals surface area contributed by atoms with Crippen LogP contribution in [0.1, 0.15) is 10.6 Å². The van der Waals surface area contributed by atoms with Crippen molar-refractivity contribution in [2.24, 2.45) is 0 Å². The van der Waals surface area contributed by atoms with Crippen LogP contribution in [0.2, 0.25) is 5.02 Å². The highest BCUT2D eigenvalue weighted by atomic mass is 35.5. The van der Waals surface area contributed by atoms with E-state index in [0.29, 0.717) is 16.3 Å². The summed E-state index contributed by atoms with van der Waals surface area (Å²) in [5.41, 5.74) is 2.19. The SMILES string of the molecule is O=C(Nc1ccc2ncccc2c1)c1cc2cc(Cl)ccc2o1. The molecule has 0 aliphatic carbocycles. The van der Waals surface area contributed by atoms with Crippen molar-refractivity contribution in [2.45, 2.75) is 0 Å². The number of hydrogen-bond donors (Lipinski definition) is 1. The first-order valence-electron chi connectivity index (χ1n) is 7.04. The molecule has 1 N–H and O–H groups in total. The minimum Gasteiger partial charge on any atom is -0.451 e. The Labute approximate surface area is 136 Å². The summed E-state index contributed by atoms with van der Waals surface area (Å²) in [6, 6.07) is 16.3. The number of benzene rings is 2. The Bertz CT molecular complexity index is 1040. The molecule has 4 rings (SSSR count). The third kappa shape index (κ3) is 2.64. The maximum Gasteiger partial charge on any atom is 0.291 e. The van der Waals surface area contributed by atoms with Crippen molar-refractivity contribution < 1.29 is 9.21 Å². The van der Waals surface area contributed by atoms with Gasteiger partial charge in [-0.3, -0.25) is 9.78 Å². The fraction of sp³-hybridized carbons (Fsp3) is 0. The standard InChI is InChI=1S/C18H11ClN2O2/c19-13-3-6-16-12(8-13)10-17(23-16)18(22)21-14-4-5-15-11(9-14)2-1-7-20-15/h1-10H,(H,21,22). The van der Waals surface area contributed by atoms with Gasteiger partial charge in [0.25, 0.3) is 5.91 Å². The average Bonchev–Trinajstić information content (AvgIpc) is 2.98. The van der Waals surface area contributed by atoms with Crippen molar-refractivity contribution in [3.05, 3.63) is 71.6 Å². The molecule has 2 heterocycles. The maximum absolute atomic E-state index is 12.4. The van der Waals surface area contributed by atoms with Gasteiger partial charge in [0.05, 0.1) is 5.52 Å². The summed E-state index contributed by atoms with van der Waals surface area (Å²) in [5.74, 6) is -0.0610. The average molecular weight is 323 g/mol. The smallest absolute Gasteiger partial charge is 0.291 e. The third-order valence-electron chi connectivity index (χ3n) is 3.56. The lowest BCUT2D eigenvalue weighted by molar-refractivity contribution is 0.0998. The molecule has 0 bridgehead atoms.